The molecule has 0 aromatic heterocycles. The van der Waals surface area contributed by atoms with E-state index in [9.17, 15) is 0 Å². The molecule has 1 aromatic rings. The Bertz CT molecular complexity index is 918. The van der Waals surface area contributed by atoms with E-state index in [1.807, 2.05) is 10.4 Å². The van der Waals surface area contributed by atoms with Crippen LogP contribution in [0.2, 0.25) is 24.3 Å². The predicted molar refractivity (Wildman–Crippen MR) is 138 cm³/mol. The van der Waals surface area contributed by atoms with Gasteiger partial charge in [-0.05, 0) is 0 Å². The van der Waals surface area contributed by atoms with Gasteiger partial charge in [-0.2, -0.15) is 0 Å². The van der Waals surface area contributed by atoms with Crippen molar-refractivity contribution in [2.75, 3.05) is 0 Å². The minimum atomic E-state index is -2.46. The van der Waals surface area contributed by atoms with Crippen LogP contribution in [0.5, 0.6) is 0 Å². The molecule has 0 amide bonds. The van der Waals surface area contributed by atoms with E-state index in [4.69, 9.17) is 0 Å². The summed E-state index contributed by atoms with van der Waals surface area (Å²) in [6.07, 6.45) is 10.8. The van der Waals surface area contributed by atoms with E-state index in [1.165, 1.54) is 11.6 Å². The Morgan fingerprint density at radius 2 is 1.20 bits per heavy atom. The zero-order chi connectivity index (χ0) is 22.1. The van der Waals surface area contributed by atoms with Gasteiger partial charge in [-0.25, -0.2) is 0 Å². The Labute approximate surface area is 190 Å². The molecule has 160 valence electrons. The second-order valence-corrected chi connectivity index (χ2v) is 30.8. The molecule has 2 aliphatic carbocycles. The van der Waals surface area contributed by atoms with Crippen molar-refractivity contribution in [1.82, 2.24) is 0 Å². The van der Waals surface area contributed by atoms with Gasteiger partial charge < -0.3 is 0 Å². The van der Waals surface area contributed by atoms with Gasteiger partial charge >= 0.3 is 191 Å². The molecular formula is C28H40SiSn. The molecule has 2 heteroatoms. The van der Waals surface area contributed by atoms with Crippen molar-refractivity contribution in [3.63, 3.8) is 0 Å². The van der Waals surface area contributed by atoms with Gasteiger partial charge in [0.05, 0.1) is 0 Å². The van der Waals surface area contributed by atoms with Gasteiger partial charge in [0.25, 0.3) is 0 Å². The summed E-state index contributed by atoms with van der Waals surface area (Å²) in [6.45, 7) is 17.0. The molecule has 4 rings (SSSR count). The second kappa shape index (κ2) is 7.10. The van der Waals surface area contributed by atoms with Crippen LogP contribution >= 0.6 is 0 Å². The molecule has 0 radical (unpaired) electrons. The summed E-state index contributed by atoms with van der Waals surface area (Å²) in [7, 11) is -1.80. The molecule has 1 saturated heterocycles. The summed E-state index contributed by atoms with van der Waals surface area (Å²) in [5, 5.41) is 3.73. The van der Waals surface area contributed by atoms with Gasteiger partial charge in [0, 0.05) is 0 Å². The van der Waals surface area contributed by atoms with Gasteiger partial charge in [0.2, 0.25) is 0 Å². The number of allylic oxidation sites excluding steroid dienone is 8. The van der Waals surface area contributed by atoms with Gasteiger partial charge in [-0.15, -0.1) is 0 Å². The van der Waals surface area contributed by atoms with E-state index in [1.54, 1.807) is 11.1 Å². The molecule has 3 atom stereocenters. The summed E-state index contributed by atoms with van der Waals surface area (Å²) in [6, 6.07) is 12.5. The van der Waals surface area contributed by atoms with Crippen LogP contribution in [0, 0.1) is 10.8 Å². The van der Waals surface area contributed by atoms with Crippen LogP contribution < -0.4 is 0 Å². The van der Waals surface area contributed by atoms with E-state index in [0.717, 1.165) is 7.87 Å². The van der Waals surface area contributed by atoms with Gasteiger partial charge in [-0.3, -0.25) is 0 Å². The first kappa shape index (κ1) is 22.4. The average molecular weight is 523 g/mol. The maximum atomic E-state index is 2.74. The Morgan fingerprint density at radius 1 is 0.767 bits per heavy atom. The number of fused-ring (bicyclic) bond motifs is 2. The molecule has 1 aliphatic heterocycles. The quantitative estimate of drug-likeness (QED) is 0.343. The average Bonchev–Trinajstić information content (AvgIpc) is 3.27. The molecule has 30 heavy (non-hydrogen) atoms. The first-order chi connectivity index (χ1) is 13.7. The van der Waals surface area contributed by atoms with Crippen LogP contribution in [-0.2, 0) is 6.04 Å². The Kier molecular flexibility index (Phi) is 5.30. The fourth-order valence-corrected chi connectivity index (χ4v) is 30.2. The zero-order valence-corrected chi connectivity index (χ0v) is 24.4. The minimum absolute atomic E-state index is 0.240. The summed E-state index contributed by atoms with van der Waals surface area (Å²) in [5.74, 6) is 0. The normalized spacial score (nSPS) is 30.2. The number of hydrogen-bond donors (Lipinski definition) is 0. The third-order valence-electron chi connectivity index (χ3n) is 7.99. The van der Waals surface area contributed by atoms with E-state index < -0.39 is 26.5 Å². The summed E-state index contributed by atoms with van der Waals surface area (Å²) < 4.78 is 1.54. The summed E-state index contributed by atoms with van der Waals surface area (Å²) >= 11 is -2.46. The van der Waals surface area contributed by atoms with Crippen LogP contribution in [0.1, 0.15) is 47.1 Å². The van der Waals surface area contributed by atoms with E-state index in [0.29, 0.717) is 0 Å². The Balaban J connectivity index is 1.90. The molecular weight excluding hydrogens is 483 g/mol. The van der Waals surface area contributed by atoms with Crippen molar-refractivity contribution < 1.29 is 0 Å². The molecule has 1 fully saturated rings. The topological polar surface area (TPSA) is 0 Å². The first-order valence-electron chi connectivity index (χ1n) is 11.7. The molecule has 1 unspecified atom stereocenters. The fourth-order valence-electron chi connectivity index (χ4n) is 5.89. The van der Waals surface area contributed by atoms with Crippen LogP contribution in [-0.4, -0.2) is 26.5 Å². The molecule has 1 heterocycles. The first-order valence-corrected chi connectivity index (χ1v) is 23.4. The van der Waals surface area contributed by atoms with Crippen LogP contribution in [0.15, 0.2) is 76.2 Å². The van der Waals surface area contributed by atoms with Crippen molar-refractivity contribution in [2.24, 2.45) is 10.8 Å². The molecule has 3 aliphatic rings. The molecule has 0 spiro atoms. The van der Waals surface area contributed by atoms with Crippen molar-refractivity contribution >= 4 is 26.5 Å². The number of benzene rings is 1. The van der Waals surface area contributed by atoms with Crippen molar-refractivity contribution in [3.8, 4) is 0 Å². The van der Waals surface area contributed by atoms with E-state index in [-0.39, 0.29) is 10.8 Å². The molecule has 0 saturated carbocycles. The molecule has 0 bridgehead atoms. The van der Waals surface area contributed by atoms with Crippen LogP contribution in [0.3, 0.4) is 0 Å². The third-order valence-corrected chi connectivity index (χ3v) is 26.1. The number of rotatable bonds is 2. The Morgan fingerprint density at radius 3 is 1.60 bits per heavy atom. The maximum absolute atomic E-state index is 2.74. The fraction of sp³-hybridized carbons (Fsp3) is 0.500. The van der Waals surface area contributed by atoms with Crippen molar-refractivity contribution in [2.45, 2.75) is 71.9 Å². The monoisotopic (exact) mass is 524 g/mol. The molecule has 0 nitrogen and oxygen atoms in total. The summed E-state index contributed by atoms with van der Waals surface area (Å²) in [5.41, 5.74) is 5.20. The number of hydrogen-bond acceptors (Lipinski definition) is 0. The zero-order valence-electron chi connectivity index (χ0n) is 20.6. The Hall–Kier alpha value is -0.804. The van der Waals surface area contributed by atoms with Crippen molar-refractivity contribution in [1.29, 1.82) is 0 Å². The standard InChI is InChI=1S/C26H34Si.2CH3.Sn/c1-25(2,3)21-13-15-23(17-21)27(7,19-20-11-9-8-10-12-20)24-16-14-22(18-24)26(4,5)6;;;/h8-18H,19H2,1-7H3;2*1H3;. The van der Waals surface area contributed by atoms with Gasteiger partial charge in [-0.1, -0.05) is 0 Å². The molecule has 1 aromatic carbocycles. The van der Waals surface area contributed by atoms with Crippen LogP contribution in [0.4, 0.5) is 0 Å². The second-order valence-electron chi connectivity index (χ2n) is 12.7. The van der Waals surface area contributed by atoms with Crippen molar-refractivity contribution in [3.05, 3.63) is 81.7 Å². The third kappa shape index (κ3) is 3.58. The van der Waals surface area contributed by atoms with Gasteiger partial charge in [0.1, 0.15) is 0 Å². The van der Waals surface area contributed by atoms with Gasteiger partial charge in [0.15, 0.2) is 0 Å². The molecule has 0 N–H and O–H groups in total. The van der Waals surface area contributed by atoms with Crippen LogP contribution in [0.25, 0.3) is 0 Å². The van der Waals surface area contributed by atoms with E-state index in [2.05, 4.69) is 113 Å². The SMILES string of the molecule is CC(C)(C)C1=C[C@@H]2C(=C1)[Si](C)(Cc1ccccc1)C1=CC(C(C)(C)C)=C[C@@H]1[Sn]2([CH3])[CH3]. The predicted octanol–water partition coefficient (Wildman–Crippen LogP) is 8.21. The van der Waals surface area contributed by atoms with E-state index >= 15 is 0 Å². The summed E-state index contributed by atoms with van der Waals surface area (Å²) in [4.78, 5) is 5.46.